The molecule has 2 fully saturated rings. The Labute approximate surface area is 53.2 Å². The number of hydrogen-bond donors (Lipinski definition) is 0. The van der Waals surface area contributed by atoms with Crippen molar-refractivity contribution in [2.24, 2.45) is 11.8 Å². The minimum absolute atomic E-state index is 0.127. The van der Waals surface area contributed by atoms with E-state index >= 15 is 0 Å². The first-order valence-corrected chi connectivity index (χ1v) is 3.33. The predicted octanol–water partition coefficient (Wildman–Crippen LogP) is 0.554. The number of carbonyl (C=O) groups is 2. The van der Waals surface area contributed by atoms with Gasteiger partial charge in [0.25, 0.3) is 0 Å². The Morgan fingerprint density at radius 1 is 1.00 bits per heavy atom. The van der Waals surface area contributed by atoms with Crippen LogP contribution in [0.15, 0.2) is 0 Å². The fraction of sp³-hybridized carbons (Fsp3) is 0.714. The third-order valence-corrected chi connectivity index (χ3v) is 2.37. The van der Waals surface area contributed by atoms with Gasteiger partial charge in [0, 0.05) is 24.7 Å². The topological polar surface area (TPSA) is 34.1 Å². The summed E-state index contributed by atoms with van der Waals surface area (Å²) in [5.74, 6) is 0.893. The second-order valence-corrected chi connectivity index (χ2v) is 2.97. The predicted molar refractivity (Wildman–Crippen MR) is 30.8 cm³/mol. The van der Waals surface area contributed by atoms with Crippen LogP contribution < -0.4 is 0 Å². The van der Waals surface area contributed by atoms with Crippen molar-refractivity contribution in [3.63, 3.8) is 0 Å². The molecule has 0 unspecified atom stereocenters. The summed E-state index contributed by atoms with van der Waals surface area (Å²) in [7, 11) is 0. The molecule has 0 aromatic heterocycles. The van der Waals surface area contributed by atoms with Crippen molar-refractivity contribution in [1.29, 1.82) is 0 Å². The SMILES string of the molecule is O=C1C[C@@H]2C[C@H]1CC2=O. The van der Waals surface area contributed by atoms with Gasteiger partial charge in [-0.2, -0.15) is 0 Å². The molecule has 0 aromatic carbocycles. The lowest BCUT2D eigenvalue weighted by molar-refractivity contribution is -0.129. The van der Waals surface area contributed by atoms with Crippen LogP contribution in [0, 0.1) is 11.8 Å². The van der Waals surface area contributed by atoms with E-state index in [1.165, 1.54) is 0 Å². The molecule has 2 nitrogen and oxygen atoms in total. The van der Waals surface area contributed by atoms with Gasteiger partial charge in [-0.1, -0.05) is 0 Å². The summed E-state index contributed by atoms with van der Waals surface area (Å²) in [6, 6.07) is 0. The van der Waals surface area contributed by atoms with Gasteiger partial charge in [-0.3, -0.25) is 9.59 Å². The molecule has 9 heavy (non-hydrogen) atoms. The summed E-state index contributed by atoms with van der Waals surface area (Å²) in [4.78, 5) is 21.7. The lowest BCUT2D eigenvalue weighted by Crippen LogP contribution is -2.16. The van der Waals surface area contributed by atoms with Crippen LogP contribution in [0.25, 0.3) is 0 Å². The highest BCUT2D eigenvalue weighted by atomic mass is 16.1. The molecule has 48 valence electrons. The van der Waals surface area contributed by atoms with Gasteiger partial charge in [0.1, 0.15) is 11.6 Å². The average Bonchev–Trinajstić information content (AvgIpc) is 2.24. The number of fused-ring (bicyclic) bond motifs is 2. The fourth-order valence-electron chi connectivity index (χ4n) is 1.82. The van der Waals surface area contributed by atoms with E-state index in [0.717, 1.165) is 6.42 Å². The maximum absolute atomic E-state index is 10.8. The molecule has 2 bridgehead atoms. The Kier molecular flexibility index (Phi) is 0.821. The summed E-state index contributed by atoms with van der Waals surface area (Å²) in [6.07, 6.45) is 1.95. The molecule has 2 aliphatic carbocycles. The molecule has 0 aliphatic heterocycles. The Hall–Kier alpha value is -0.660. The van der Waals surface area contributed by atoms with Crippen LogP contribution in [0.1, 0.15) is 19.3 Å². The smallest absolute Gasteiger partial charge is 0.137 e. The van der Waals surface area contributed by atoms with Crippen LogP contribution in [0.2, 0.25) is 0 Å². The number of ketones is 2. The standard InChI is InChI=1S/C7H8O2/c8-6-2-4-1-5(6)3-7(4)9/h4-5H,1-3H2/t4-,5-/m0/s1. The molecule has 2 saturated carbocycles. The lowest BCUT2D eigenvalue weighted by atomic mass is 9.98. The first kappa shape index (κ1) is 5.15. The van der Waals surface area contributed by atoms with Crippen molar-refractivity contribution >= 4 is 11.6 Å². The lowest BCUT2D eigenvalue weighted by Gasteiger charge is -2.04. The minimum Gasteiger partial charge on any atom is -0.299 e. The highest BCUT2D eigenvalue weighted by molar-refractivity contribution is 5.99. The van der Waals surface area contributed by atoms with Crippen LogP contribution in [0.4, 0.5) is 0 Å². The second kappa shape index (κ2) is 1.43. The molecule has 0 aromatic rings. The maximum Gasteiger partial charge on any atom is 0.137 e. The van der Waals surface area contributed by atoms with Gasteiger partial charge in [-0.15, -0.1) is 0 Å². The van der Waals surface area contributed by atoms with Gasteiger partial charge in [0.15, 0.2) is 0 Å². The number of hydrogen-bond acceptors (Lipinski definition) is 2. The van der Waals surface area contributed by atoms with Crippen molar-refractivity contribution in [2.75, 3.05) is 0 Å². The van der Waals surface area contributed by atoms with Gasteiger partial charge in [0.05, 0.1) is 0 Å². The second-order valence-electron chi connectivity index (χ2n) is 2.97. The molecule has 2 heteroatoms. The van der Waals surface area contributed by atoms with Gasteiger partial charge >= 0.3 is 0 Å². The van der Waals surface area contributed by atoms with E-state index in [1.807, 2.05) is 0 Å². The first-order valence-electron chi connectivity index (χ1n) is 3.33. The molecular weight excluding hydrogens is 116 g/mol. The molecule has 0 N–H and O–H groups in total. The molecule has 2 rings (SSSR count). The van der Waals surface area contributed by atoms with E-state index < -0.39 is 0 Å². The monoisotopic (exact) mass is 124 g/mol. The van der Waals surface area contributed by atoms with Crippen molar-refractivity contribution < 1.29 is 9.59 Å². The minimum atomic E-state index is 0.127. The summed E-state index contributed by atoms with van der Waals surface area (Å²) in [5.41, 5.74) is 0. The molecule has 2 aliphatic rings. The molecule has 0 radical (unpaired) electrons. The third-order valence-electron chi connectivity index (χ3n) is 2.37. The normalized spacial score (nSPS) is 40.4. The third kappa shape index (κ3) is 0.560. The van der Waals surface area contributed by atoms with Gasteiger partial charge in [-0.25, -0.2) is 0 Å². The first-order chi connectivity index (χ1) is 4.27. The van der Waals surface area contributed by atoms with Crippen molar-refractivity contribution in [3.05, 3.63) is 0 Å². The van der Waals surface area contributed by atoms with Crippen molar-refractivity contribution in [3.8, 4) is 0 Å². The van der Waals surface area contributed by atoms with Crippen LogP contribution in [-0.2, 0) is 9.59 Å². The van der Waals surface area contributed by atoms with E-state index in [1.54, 1.807) is 0 Å². The zero-order valence-electron chi connectivity index (χ0n) is 5.09. The Morgan fingerprint density at radius 2 is 1.44 bits per heavy atom. The van der Waals surface area contributed by atoms with E-state index in [-0.39, 0.29) is 11.8 Å². The van der Waals surface area contributed by atoms with E-state index in [0.29, 0.717) is 24.4 Å². The quantitative estimate of drug-likeness (QED) is 0.472. The zero-order valence-corrected chi connectivity index (χ0v) is 5.09. The number of carbonyl (C=O) groups excluding carboxylic acids is 2. The highest BCUT2D eigenvalue weighted by Crippen LogP contribution is 2.39. The average molecular weight is 124 g/mol. The van der Waals surface area contributed by atoms with Gasteiger partial charge < -0.3 is 0 Å². The highest BCUT2D eigenvalue weighted by Gasteiger charge is 2.43. The van der Waals surface area contributed by atoms with Gasteiger partial charge in [0.2, 0.25) is 0 Å². The van der Waals surface area contributed by atoms with Gasteiger partial charge in [-0.05, 0) is 6.42 Å². The van der Waals surface area contributed by atoms with E-state index in [2.05, 4.69) is 0 Å². The summed E-state index contributed by atoms with van der Waals surface area (Å²) >= 11 is 0. The number of rotatable bonds is 0. The van der Waals surface area contributed by atoms with Crippen LogP contribution in [-0.4, -0.2) is 11.6 Å². The molecular formula is C7H8O2. The molecule has 0 saturated heterocycles. The summed E-state index contributed by atoms with van der Waals surface area (Å²) < 4.78 is 0. The fourth-order valence-corrected chi connectivity index (χ4v) is 1.82. The Morgan fingerprint density at radius 3 is 1.67 bits per heavy atom. The largest absolute Gasteiger partial charge is 0.299 e. The van der Waals surface area contributed by atoms with E-state index in [4.69, 9.17) is 0 Å². The maximum atomic E-state index is 10.8. The molecule has 0 spiro atoms. The van der Waals surface area contributed by atoms with Crippen LogP contribution >= 0.6 is 0 Å². The number of Topliss-reactive ketones (excluding diaryl/α,β-unsaturated/α-hetero) is 2. The molecule has 0 heterocycles. The van der Waals surface area contributed by atoms with Crippen molar-refractivity contribution in [1.82, 2.24) is 0 Å². The Bertz CT molecular complexity index is 163. The summed E-state index contributed by atoms with van der Waals surface area (Å²) in [5, 5.41) is 0. The van der Waals surface area contributed by atoms with Crippen LogP contribution in [0.3, 0.4) is 0 Å². The molecule has 2 atom stereocenters. The summed E-state index contributed by atoms with van der Waals surface area (Å²) in [6.45, 7) is 0. The Balaban J connectivity index is 2.28. The van der Waals surface area contributed by atoms with Crippen LogP contribution in [0.5, 0.6) is 0 Å². The molecule has 0 amide bonds. The zero-order chi connectivity index (χ0) is 6.43. The van der Waals surface area contributed by atoms with Crippen molar-refractivity contribution in [2.45, 2.75) is 19.3 Å². The van der Waals surface area contributed by atoms with E-state index in [9.17, 15) is 9.59 Å².